The number of likely N-dealkylation sites (tertiary alicyclic amines) is 1. The first-order valence-corrected chi connectivity index (χ1v) is 6.73. The highest BCUT2D eigenvalue weighted by molar-refractivity contribution is 5.22. The van der Waals surface area contributed by atoms with Gasteiger partial charge in [-0.15, -0.1) is 0 Å². The third-order valence-electron chi connectivity index (χ3n) is 4.58. The highest BCUT2D eigenvalue weighted by Gasteiger charge is 2.41. The van der Waals surface area contributed by atoms with Gasteiger partial charge in [-0.25, -0.2) is 0 Å². The zero-order valence-corrected chi connectivity index (χ0v) is 10.5. The summed E-state index contributed by atoms with van der Waals surface area (Å²) in [7, 11) is 2.24. The molecule has 2 N–H and O–H groups in total. The second-order valence-electron chi connectivity index (χ2n) is 5.89. The van der Waals surface area contributed by atoms with E-state index in [1.807, 2.05) is 0 Å². The standard InChI is InChI=1S/C15H22N2/c1-17-9-12-7-13(16)8-14(15(12)10-17)11-5-3-2-4-6-11/h2-6,12-15H,7-10,16H2,1H3/t12-,13?,14-,15+/m1/s1. The molecule has 0 bridgehead atoms. The molecule has 2 aliphatic rings. The van der Waals surface area contributed by atoms with Crippen LogP contribution in [0.5, 0.6) is 0 Å². The van der Waals surface area contributed by atoms with Crippen molar-refractivity contribution in [3.63, 3.8) is 0 Å². The minimum absolute atomic E-state index is 0.396. The van der Waals surface area contributed by atoms with Gasteiger partial charge in [0.2, 0.25) is 0 Å². The zero-order valence-electron chi connectivity index (χ0n) is 10.5. The molecule has 1 aliphatic heterocycles. The maximum Gasteiger partial charge on any atom is 0.00479 e. The van der Waals surface area contributed by atoms with Crippen LogP contribution in [-0.4, -0.2) is 31.1 Å². The molecule has 92 valence electrons. The summed E-state index contributed by atoms with van der Waals surface area (Å²) in [4.78, 5) is 2.48. The summed E-state index contributed by atoms with van der Waals surface area (Å²) in [6, 6.07) is 11.4. The SMILES string of the molecule is CN1C[C@H]2CC(N)C[C@H](c3ccccc3)[C@H]2C1. The van der Waals surface area contributed by atoms with Gasteiger partial charge < -0.3 is 10.6 Å². The molecule has 1 saturated heterocycles. The lowest BCUT2D eigenvalue weighted by molar-refractivity contribution is 0.233. The number of nitrogens with two attached hydrogens (primary N) is 1. The molecular formula is C15H22N2. The van der Waals surface area contributed by atoms with Gasteiger partial charge in [-0.05, 0) is 43.2 Å². The first kappa shape index (κ1) is 11.2. The smallest absolute Gasteiger partial charge is 0.00479 e. The number of hydrogen-bond donors (Lipinski definition) is 1. The van der Waals surface area contributed by atoms with Gasteiger partial charge in [-0.2, -0.15) is 0 Å². The van der Waals surface area contributed by atoms with Crippen LogP contribution in [0, 0.1) is 11.8 Å². The van der Waals surface area contributed by atoms with Crippen LogP contribution in [0.4, 0.5) is 0 Å². The summed E-state index contributed by atoms with van der Waals surface area (Å²) in [5.74, 6) is 2.31. The Hall–Kier alpha value is -0.860. The van der Waals surface area contributed by atoms with E-state index in [0.29, 0.717) is 12.0 Å². The number of fused-ring (bicyclic) bond motifs is 1. The highest BCUT2D eigenvalue weighted by Crippen LogP contribution is 2.44. The molecule has 0 spiro atoms. The monoisotopic (exact) mass is 230 g/mol. The van der Waals surface area contributed by atoms with Crippen molar-refractivity contribution in [3.05, 3.63) is 35.9 Å². The van der Waals surface area contributed by atoms with E-state index in [1.54, 1.807) is 0 Å². The van der Waals surface area contributed by atoms with Crippen molar-refractivity contribution < 1.29 is 0 Å². The molecule has 1 aromatic carbocycles. The van der Waals surface area contributed by atoms with E-state index >= 15 is 0 Å². The third-order valence-corrected chi connectivity index (χ3v) is 4.58. The molecule has 1 unspecified atom stereocenters. The Morgan fingerprint density at radius 1 is 1.12 bits per heavy atom. The van der Waals surface area contributed by atoms with E-state index in [4.69, 9.17) is 5.73 Å². The number of nitrogens with zero attached hydrogens (tertiary/aromatic N) is 1. The number of rotatable bonds is 1. The Morgan fingerprint density at radius 3 is 2.65 bits per heavy atom. The Bertz CT molecular complexity index is 376. The van der Waals surface area contributed by atoms with Crippen molar-refractivity contribution in [2.45, 2.75) is 24.8 Å². The fourth-order valence-electron chi connectivity index (χ4n) is 3.89. The topological polar surface area (TPSA) is 29.3 Å². The normalized spacial score (nSPS) is 38.0. The molecule has 0 aromatic heterocycles. The summed E-state index contributed by atoms with van der Waals surface area (Å²) < 4.78 is 0. The quantitative estimate of drug-likeness (QED) is 0.800. The van der Waals surface area contributed by atoms with Crippen LogP contribution in [0.1, 0.15) is 24.3 Å². The van der Waals surface area contributed by atoms with Crippen LogP contribution in [0.25, 0.3) is 0 Å². The molecule has 17 heavy (non-hydrogen) atoms. The van der Waals surface area contributed by atoms with Crippen LogP contribution in [0.15, 0.2) is 30.3 Å². The molecule has 2 nitrogen and oxygen atoms in total. The predicted molar refractivity (Wildman–Crippen MR) is 70.9 cm³/mol. The fourth-order valence-corrected chi connectivity index (χ4v) is 3.89. The Labute approximate surface area is 104 Å². The first-order chi connectivity index (χ1) is 8.24. The molecule has 0 radical (unpaired) electrons. The average molecular weight is 230 g/mol. The van der Waals surface area contributed by atoms with Crippen molar-refractivity contribution in [2.75, 3.05) is 20.1 Å². The van der Waals surface area contributed by atoms with Crippen LogP contribution in [-0.2, 0) is 0 Å². The van der Waals surface area contributed by atoms with Crippen molar-refractivity contribution >= 4 is 0 Å². The fraction of sp³-hybridized carbons (Fsp3) is 0.600. The number of benzene rings is 1. The van der Waals surface area contributed by atoms with E-state index in [1.165, 1.54) is 31.5 Å². The summed E-state index contributed by atoms with van der Waals surface area (Å²) in [5.41, 5.74) is 7.74. The van der Waals surface area contributed by atoms with Gasteiger partial charge in [-0.1, -0.05) is 30.3 Å². The van der Waals surface area contributed by atoms with Gasteiger partial charge in [0.15, 0.2) is 0 Å². The summed E-state index contributed by atoms with van der Waals surface area (Å²) in [5, 5.41) is 0. The summed E-state index contributed by atoms with van der Waals surface area (Å²) in [6.07, 6.45) is 2.39. The molecule has 1 saturated carbocycles. The van der Waals surface area contributed by atoms with E-state index in [-0.39, 0.29) is 0 Å². The lowest BCUT2D eigenvalue weighted by Gasteiger charge is -2.37. The lowest BCUT2D eigenvalue weighted by atomic mass is 9.69. The van der Waals surface area contributed by atoms with Crippen molar-refractivity contribution in [2.24, 2.45) is 17.6 Å². The molecule has 3 rings (SSSR count). The zero-order chi connectivity index (χ0) is 11.8. The Kier molecular flexibility index (Phi) is 2.93. The van der Waals surface area contributed by atoms with Crippen molar-refractivity contribution in [3.8, 4) is 0 Å². The lowest BCUT2D eigenvalue weighted by Crippen LogP contribution is -2.37. The van der Waals surface area contributed by atoms with Crippen molar-refractivity contribution in [1.29, 1.82) is 0 Å². The van der Waals surface area contributed by atoms with Crippen LogP contribution < -0.4 is 5.73 Å². The van der Waals surface area contributed by atoms with Gasteiger partial charge in [0.05, 0.1) is 0 Å². The number of hydrogen-bond acceptors (Lipinski definition) is 2. The Morgan fingerprint density at radius 2 is 1.88 bits per heavy atom. The van der Waals surface area contributed by atoms with Crippen LogP contribution >= 0.6 is 0 Å². The van der Waals surface area contributed by atoms with Crippen molar-refractivity contribution in [1.82, 2.24) is 4.90 Å². The van der Waals surface area contributed by atoms with Gasteiger partial charge in [0.25, 0.3) is 0 Å². The van der Waals surface area contributed by atoms with E-state index in [0.717, 1.165) is 11.8 Å². The minimum atomic E-state index is 0.396. The molecule has 1 aliphatic carbocycles. The van der Waals surface area contributed by atoms with E-state index in [9.17, 15) is 0 Å². The van der Waals surface area contributed by atoms with E-state index < -0.39 is 0 Å². The van der Waals surface area contributed by atoms with Crippen LogP contribution in [0.3, 0.4) is 0 Å². The van der Waals surface area contributed by atoms with Gasteiger partial charge in [-0.3, -0.25) is 0 Å². The minimum Gasteiger partial charge on any atom is -0.328 e. The highest BCUT2D eigenvalue weighted by atomic mass is 15.1. The molecule has 2 heteroatoms. The molecular weight excluding hydrogens is 208 g/mol. The summed E-state index contributed by atoms with van der Waals surface area (Å²) in [6.45, 7) is 2.48. The van der Waals surface area contributed by atoms with Gasteiger partial charge in [0, 0.05) is 19.1 Å². The predicted octanol–water partition coefficient (Wildman–Crippen LogP) is 2.07. The maximum atomic E-state index is 6.25. The average Bonchev–Trinajstić information content (AvgIpc) is 2.69. The molecule has 1 heterocycles. The van der Waals surface area contributed by atoms with E-state index in [2.05, 4.69) is 42.3 Å². The molecule has 0 amide bonds. The first-order valence-electron chi connectivity index (χ1n) is 6.73. The molecule has 4 atom stereocenters. The summed E-state index contributed by atoms with van der Waals surface area (Å²) >= 11 is 0. The van der Waals surface area contributed by atoms with Gasteiger partial charge in [0.1, 0.15) is 0 Å². The molecule has 2 fully saturated rings. The second-order valence-corrected chi connectivity index (χ2v) is 5.89. The van der Waals surface area contributed by atoms with Gasteiger partial charge >= 0.3 is 0 Å². The molecule has 1 aromatic rings. The third kappa shape index (κ3) is 2.12. The largest absolute Gasteiger partial charge is 0.328 e. The van der Waals surface area contributed by atoms with Crippen LogP contribution in [0.2, 0.25) is 0 Å². The second kappa shape index (κ2) is 4.43. The maximum absolute atomic E-state index is 6.25. The Balaban J connectivity index is 1.87.